The van der Waals surface area contributed by atoms with Crippen LogP contribution in [0.25, 0.3) is 0 Å². The third kappa shape index (κ3) is 2.30. The van der Waals surface area contributed by atoms with Gasteiger partial charge in [-0.1, -0.05) is 0 Å². The molecule has 1 fully saturated rings. The Morgan fingerprint density at radius 2 is 2.05 bits per heavy atom. The highest BCUT2D eigenvalue weighted by atomic mass is 32.2. The van der Waals surface area contributed by atoms with Gasteiger partial charge < -0.3 is 10.3 Å². The van der Waals surface area contributed by atoms with Gasteiger partial charge in [-0.2, -0.15) is 0 Å². The lowest BCUT2D eigenvalue weighted by atomic mass is 9.89. The molecule has 0 unspecified atom stereocenters. The number of sulfone groups is 1. The molecule has 0 aromatic carbocycles. The number of nitrogens with zero attached hydrogens (tertiary/aromatic N) is 3. The van der Waals surface area contributed by atoms with Crippen LogP contribution in [-0.4, -0.2) is 53.0 Å². The van der Waals surface area contributed by atoms with Crippen molar-refractivity contribution < 1.29 is 8.42 Å². The first-order chi connectivity index (χ1) is 9.05. The van der Waals surface area contributed by atoms with Crippen molar-refractivity contribution >= 4 is 9.84 Å². The molecule has 0 saturated carbocycles. The normalized spacial score (nSPS) is 25.9. The topological polar surface area (TPSA) is 81.2 Å². The van der Waals surface area contributed by atoms with Crippen LogP contribution in [0.3, 0.4) is 0 Å². The van der Waals surface area contributed by atoms with E-state index in [1.807, 2.05) is 12.4 Å². The summed E-state index contributed by atoms with van der Waals surface area (Å²) < 4.78 is 25.4. The van der Waals surface area contributed by atoms with Gasteiger partial charge in [-0.05, 0) is 12.8 Å². The van der Waals surface area contributed by atoms with E-state index in [0.29, 0.717) is 19.4 Å². The average Bonchev–Trinajstić information content (AvgIpc) is 2.87. The Hall–Kier alpha value is -0.920. The van der Waals surface area contributed by atoms with Crippen LogP contribution in [0.15, 0.2) is 12.4 Å². The third-order valence-electron chi connectivity index (χ3n) is 4.55. The molecule has 0 spiro atoms. The monoisotopic (exact) mass is 284 g/mol. The molecule has 1 aromatic heterocycles. The van der Waals surface area contributed by atoms with Crippen LogP contribution in [0, 0.1) is 0 Å². The van der Waals surface area contributed by atoms with Gasteiger partial charge in [0.25, 0.3) is 0 Å². The molecular formula is C12H20N4O2S. The molecule has 2 N–H and O–H groups in total. The molecule has 1 saturated heterocycles. The average molecular weight is 284 g/mol. The van der Waals surface area contributed by atoms with Crippen molar-refractivity contribution in [3.05, 3.63) is 18.2 Å². The molecule has 106 valence electrons. The van der Waals surface area contributed by atoms with Crippen molar-refractivity contribution in [1.29, 1.82) is 0 Å². The van der Waals surface area contributed by atoms with E-state index in [9.17, 15) is 8.42 Å². The molecule has 2 aliphatic heterocycles. The van der Waals surface area contributed by atoms with Crippen molar-refractivity contribution in [1.82, 2.24) is 14.5 Å². The minimum atomic E-state index is -2.86. The smallest absolute Gasteiger partial charge is 0.150 e. The van der Waals surface area contributed by atoms with Crippen LogP contribution in [0.1, 0.15) is 18.7 Å². The maximum atomic E-state index is 11.6. The van der Waals surface area contributed by atoms with Crippen LogP contribution < -0.4 is 5.73 Å². The second kappa shape index (κ2) is 4.57. The summed E-state index contributed by atoms with van der Waals surface area (Å²) in [6, 6.07) is 0. The highest BCUT2D eigenvalue weighted by molar-refractivity contribution is 7.91. The molecule has 0 atom stereocenters. The Bertz CT molecular complexity index is 552. The molecule has 0 aliphatic carbocycles. The first-order valence-electron chi connectivity index (χ1n) is 6.70. The fraction of sp³-hybridized carbons (Fsp3) is 0.750. The Kier molecular flexibility index (Phi) is 3.15. The Morgan fingerprint density at radius 1 is 1.32 bits per heavy atom. The molecule has 0 bridgehead atoms. The minimum Gasteiger partial charge on any atom is -0.333 e. The van der Waals surface area contributed by atoms with Crippen molar-refractivity contribution in [2.75, 3.05) is 24.6 Å². The Balaban J connectivity index is 1.81. The van der Waals surface area contributed by atoms with Crippen molar-refractivity contribution in [3.8, 4) is 0 Å². The van der Waals surface area contributed by atoms with Crippen LogP contribution in [0.2, 0.25) is 0 Å². The summed E-state index contributed by atoms with van der Waals surface area (Å²) in [7, 11) is -2.86. The number of hydrogen-bond acceptors (Lipinski definition) is 5. The third-order valence-corrected chi connectivity index (χ3v) is 6.20. The molecule has 3 rings (SSSR count). The van der Waals surface area contributed by atoms with E-state index in [1.54, 1.807) is 0 Å². The van der Waals surface area contributed by atoms with Gasteiger partial charge in [0.15, 0.2) is 0 Å². The van der Waals surface area contributed by atoms with Gasteiger partial charge in [0.2, 0.25) is 0 Å². The molecule has 6 nitrogen and oxygen atoms in total. The molecule has 2 aliphatic rings. The number of hydrogen-bond donors (Lipinski definition) is 1. The van der Waals surface area contributed by atoms with Crippen LogP contribution in [-0.2, 0) is 22.9 Å². The van der Waals surface area contributed by atoms with Crippen molar-refractivity contribution in [3.63, 3.8) is 0 Å². The highest BCUT2D eigenvalue weighted by Gasteiger charge is 2.42. The van der Waals surface area contributed by atoms with Gasteiger partial charge in [-0.15, -0.1) is 0 Å². The summed E-state index contributed by atoms with van der Waals surface area (Å²) in [6.07, 6.45) is 5.10. The van der Waals surface area contributed by atoms with E-state index in [4.69, 9.17) is 5.73 Å². The maximum Gasteiger partial charge on any atom is 0.150 e. The summed E-state index contributed by atoms with van der Waals surface area (Å²) in [5, 5.41) is 0. The van der Waals surface area contributed by atoms with Gasteiger partial charge in [0.1, 0.15) is 15.7 Å². The van der Waals surface area contributed by atoms with Crippen LogP contribution >= 0.6 is 0 Å². The first-order valence-corrected chi connectivity index (χ1v) is 8.52. The van der Waals surface area contributed by atoms with Crippen molar-refractivity contribution in [2.24, 2.45) is 5.73 Å². The predicted octanol–water partition coefficient (Wildman–Crippen LogP) is -0.395. The quantitative estimate of drug-likeness (QED) is 0.799. The van der Waals surface area contributed by atoms with E-state index in [-0.39, 0.29) is 17.0 Å². The zero-order chi connectivity index (χ0) is 13.5. The molecule has 19 heavy (non-hydrogen) atoms. The van der Waals surface area contributed by atoms with Crippen LogP contribution in [0.4, 0.5) is 0 Å². The van der Waals surface area contributed by atoms with E-state index >= 15 is 0 Å². The second-order valence-electron chi connectivity index (χ2n) is 5.54. The Morgan fingerprint density at radius 3 is 2.74 bits per heavy atom. The fourth-order valence-electron chi connectivity index (χ4n) is 3.15. The number of fused-ring (bicyclic) bond motifs is 1. The molecule has 1 aromatic rings. The zero-order valence-electron chi connectivity index (χ0n) is 11.0. The summed E-state index contributed by atoms with van der Waals surface area (Å²) in [5.41, 5.74) is 5.83. The zero-order valence-corrected chi connectivity index (χ0v) is 11.8. The standard InChI is InChI=1S/C12H20N4O2S/c13-10-12(1-7-19(17,18)8-2-12)16-6-5-15-4-3-14-11(15)9-16/h3-4H,1-2,5-10,13H2. The maximum absolute atomic E-state index is 11.6. The summed E-state index contributed by atoms with van der Waals surface area (Å²) in [4.78, 5) is 6.70. The summed E-state index contributed by atoms with van der Waals surface area (Å²) >= 11 is 0. The molecular weight excluding hydrogens is 264 g/mol. The van der Waals surface area contributed by atoms with Gasteiger partial charge in [0.05, 0.1) is 18.1 Å². The molecule has 7 heteroatoms. The largest absolute Gasteiger partial charge is 0.333 e. The highest BCUT2D eigenvalue weighted by Crippen LogP contribution is 2.31. The number of nitrogens with two attached hydrogens (primary N) is 1. The van der Waals surface area contributed by atoms with Crippen LogP contribution in [0.5, 0.6) is 0 Å². The van der Waals surface area contributed by atoms with Crippen molar-refractivity contribution in [2.45, 2.75) is 31.5 Å². The molecule has 0 amide bonds. The summed E-state index contributed by atoms with van der Waals surface area (Å²) in [6.45, 7) is 3.11. The van der Waals surface area contributed by atoms with E-state index < -0.39 is 9.84 Å². The minimum absolute atomic E-state index is 0.164. The lowest BCUT2D eigenvalue weighted by Crippen LogP contribution is -2.59. The predicted molar refractivity (Wildman–Crippen MR) is 72.3 cm³/mol. The lowest BCUT2D eigenvalue weighted by Gasteiger charge is -2.47. The summed E-state index contributed by atoms with van der Waals surface area (Å²) in [5.74, 6) is 1.57. The SMILES string of the molecule is NCC1(N2CCn3ccnc3C2)CCS(=O)(=O)CC1. The van der Waals surface area contributed by atoms with E-state index in [1.165, 1.54) is 0 Å². The molecule has 3 heterocycles. The first kappa shape index (κ1) is 13.1. The number of rotatable bonds is 2. The van der Waals surface area contributed by atoms with Gasteiger partial charge in [-0.25, -0.2) is 13.4 Å². The van der Waals surface area contributed by atoms with E-state index in [2.05, 4.69) is 14.5 Å². The second-order valence-corrected chi connectivity index (χ2v) is 7.84. The number of aromatic nitrogens is 2. The van der Waals surface area contributed by atoms with Gasteiger partial charge in [0, 0.05) is 37.6 Å². The fourth-order valence-corrected chi connectivity index (χ4v) is 4.73. The Labute approximate surface area is 113 Å². The molecule has 0 radical (unpaired) electrons. The van der Waals surface area contributed by atoms with E-state index in [0.717, 1.165) is 25.5 Å². The van der Waals surface area contributed by atoms with Gasteiger partial charge >= 0.3 is 0 Å². The number of imidazole rings is 1. The van der Waals surface area contributed by atoms with Gasteiger partial charge in [-0.3, -0.25) is 4.90 Å². The lowest BCUT2D eigenvalue weighted by molar-refractivity contribution is 0.0541.